The molecule has 0 aliphatic carbocycles. The van der Waals surface area contributed by atoms with Gasteiger partial charge in [0.05, 0.1) is 16.9 Å². The van der Waals surface area contributed by atoms with Crippen molar-refractivity contribution in [2.75, 3.05) is 12.4 Å². The minimum Gasteiger partial charge on any atom is -0.386 e. The van der Waals surface area contributed by atoms with Gasteiger partial charge in [0.15, 0.2) is 0 Å². The summed E-state index contributed by atoms with van der Waals surface area (Å²) in [7, 11) is 1.92. The number of pyridine rings is 1. The zero-order valence-corrected chi connectivity index (χ0v) is 11.4. The SMILES string of the molecule is C=Cc1ccc2ccc(-c3ccccc3)nc2c1NC. The van der Waals surface area contributed by atoms with Gasteiger partial charge in [-0.25, -0.2) is 4.98 Å². The van der Waals surface area contributed by atoms with Gasteiger partial charge in [-0.2, -0.15) is 0 Å². The Morgan fingerprint density at radius 1 is 1.00 bits per heavy atom. The maximum absolute atomic E-state index is 4.81. The molecular formula is C18H16N2. The van der Waals surface area contributed by atoms with E-state index in [0.29, 0.717) is 0 Å². The predicted molar refractivity (Wildman–Crippen MR) is 86.8 cm³/mol. The topological polar surface area (TPSA) is 24.9 Å². The first kappa shape index (κ1) is 12.4. The summed E-state index contributed by atoms with van der Waals surface area (Å²) < 4.78 is 0. The number of rotatable bonds is 3. The van der Waals surface area contributed by atoms with Gasteiger partial charge in [0.1, 0.15) is 0 Å². The zero-order valence-electron chi connectivity index (χ0n) is 11.4. The molecule has 1 heterocycles. The molecule has 2 heteroatoms. The molecule has 3 rings (SSSR count). The summed E-state index contributed by atoms with van der Waals surface area (Å²) in [5.74, 6) is 0. The maximum Gasteiger partial charge on any atom is 0.0946 e. The van der Waals surface area contributed by atoms with Crippen LogP contribution in [0.25, 0.3) is 28.2 Å². The molecule has 1 N–H and O–H groups in total. The van der Waals surface area contributed by atoms with Gasteiger partial charge < -0.3 is 5.32 Å². The molecule has 20 heavy (non-hydrogen) atoms. The van der Waals surface area contributed by atoms with Gasteiger partial charge in [-0.3, -0.25) is 0 Å². The van der Waals surface area contributed by atoms with Crippen LogP contribution in [-0.2, 0) is 0 Å². The Kier molecular flexibility index (Phi) is 3.21. The van der Waals surface area contributed by atoms with Crippen molar-refractivity contribution in [2.24, 2.45) is 0 Å². The second-order valence-corrected chi connectivity index (χ2v) is 4.62. The number of hydrogen-bond donors (Lipinski definition) is 1. The lowest BCUT2D eigenvalue weighted by molar-refractivity contribution is 1.38. The Morgan fingerprint density at radius 3 is 2.45 bits per heavy atom. The average molecular weight is 260 g/mol. The van der Waals surface area contributed by atoms with Crippen molar-refractivity contribution in [3.8, 4) is 11.3 Å². The number of hydrogen-bond acceptors (Lipinski definition) is 2. The van der Waals surface area contributed by atoms with Crippen molar-refractivity contribution >= 4 is 22.7 Å². The van der Waals surface area contributed by atoms with E-state index < -0.39 is 0 Å². The van der Waals surface area contributed by atoms with Gasteiger partial charge in [0.2, 0.25) is 0 Å². The maximum atomic E-state index is 4.81. The van der Waals surface area contributed by atoms with Crippen LogP contribution >= 0.6 is 0 Å². The van der Waals surface area contributed by atoms with Crippen molar-refractivity contribution in [1.82, 2.24) is 4.98 Å². The van der Waals surface area contributed by atoms with E-state index in [4.69, 9.17) is 4.98 Å². The molecule has 2 nitrogen and oxygen atoms in total. The third-order valence-electron chi connectivity index (χ3n) is 3.43. The Morgan fingerprint density at radius 2 is 1.75 bits per heavy atom. The molecule has 0 saturated carbocycles. The molecule has 0 atom stereocenters. The highest BCUT2D eigenvalue weighted by Crippen LogP contribution is 2.29. The van der Waals surface area contributed by atoms with Crippen LogP contribution < -0.4 is 5.32 Å². The van der Waals surface area contributed by atoms with Gasteiger partial charge in [-0.05, 0) is 11.6 Å². The van der Waals surface area contributed by atoms with Gasteiger partial charge in [-0.15, -0.1) is 0 Å². The van der Waals surface area contributed by atoms with Crippen molar-refractivity contribution in [2.45, 2.75) is 0 Å². The van der Waals surface area contributed by atoms with Crippen LogP contribution in [0.4, 0.5) is 5.69 Å². The second-order valence-electron chi connectivity index (χ2n) is 4.62. The summed E-state index contributed by atoms with van der Waals surface area (Å²) >= 11 is 0. The number of nitrogens with zero attached hydrogens (tertiary/aromatic N) is 1. The van der Waals surface area contributed by atoms with E-state index in [1.54, 1.807) is 0 Å². The molecule has 0 unspecified atom stereocenters. The minimum absolute atomic E-state index is 0.978. The zero-order chi connectivity index (χ0) is 13.9. The first-order chi connectivity index (χ1) is 9.83. The lowest BCUT2D eigenvalue weighted by Crippen LogP contribution is -1.96. The molecule has 0 saturated heterocycles. The van der Waals surface area contributed by atoms with Crippen molar-refractivity contribution < 1.29 is 0 Å². The molecule has 0 aliphatic heterocycles. The van der Waals surface area contributed by atoms with E-state index in [-0.39, 0.29) is 0 Å². The minimum atomic E-state index is 0.978. The molecular weight excluding hydrogens is 244 g/mol. The van der Waals surface area contributed by atoms with Crippen LogP contribution in [0.1, 0.15) is 5.56 Å². The first-order valence-corrected chi connectivity index (χ1v) is 6.63. The number of fused-ring (bicyclic) bond motifs is 1. The fraction of sp³-hybridized carbons (Fsp3) is 0.0556. The van der Waals surface area contributed by atoms with E-state index >= 15 is 0 Å². The van der Waals surface area contributed by atoms with Gasteiger partial charge in [0.25, 0.3) is 0 Å². The lowest BCUT2D eigenvalue weighted by atomic mass is 10.1. The lowest BCUT2D eigenvalue weighted by Gasteiger charge is -2.10. The molecule has 1 aromatic heterocycles. The number of benzene rings is 2. The van der Waals surface area contributed by atoms with Crippen molar-refractivity contribution in [3.63, 3.8) is 0 Å². The van der Waals surface area contributed by atoms with Crippen molar-refractivity contribution in [3.05, 3.63) is 66.7 Å². The summed E-state index contributed by atoms with van der Waals surface area (Å²) in [5.41, 5.74) is 5.18. The standard InChI is InChI=1S/C18H16N2/c1-3-13-9-10-15-11-12-16(14-7-5-4-6-8-14)20-18(15)17(13)19-2/h3-12,19H,1H2,2H3. The molecule has 0 bridgehead atoms. The summed E-state index contributed by atoms with van der Waals surface area (Å²) in [6, 6.07) is 18.5. The van der Waals surface area contributed by atoms with Crippen LogP contribution in [0.5, 0.6) is 0 Å². The van der Waals surface area contributed by atoms with E-state index in [9.17, 15) is 0 Å². The summed E-state index contributed by atoms with van der Waals surface area (Å²) in [5, 5.41) is 4.36. The first-order valence-electron chi connectivity index (χ1n) is 6.63. The van der Waals surface area contributed by atoms with E-state index in [0.717, 1.165) is 33.4 Å². The molecule has 3 aromatic rings. The quantitative estimate of drug-likeness (QED) is 0.745. The number of nitrogens with one attached hydrogen (secondary N) is 1. The molecule has 0 fully saturated rings. The normalized spacial score (nSPS) is 10.4. The molecule has 98 valence electrons. The van der Waals surface area contributed by atoms with Crippen LogP contribution in [0.2, 0.25) is 0 Å². The highest BCUT2D eigenvalue weighted by molar-refractivity contribution is 5.96. The monoisotopic (exact) mass is 260 g/mol. The molecule has 2 aromatic carbocycles. The fourth-order valence-corrected chi connectivity index (χ4v) is 2.41. The third kappa shape index (κ3) is 2.05. The van der Waals surface area contributed by atoms with Crippen LogP contribution in [0, 0.1) is 0 Å². The molecule has 0 spiro atoms. The summed E-state index contributed by atoms with van der Waals surface area (Å²) in [6.45, 7) is 3.86. The van der Waals surface area contributed by atoms with Gasteiger partial charge in [-0.1, -0.05) is 61.2 Å². The Hall–Kier alpha value is -2.61. The largest absolute Gasteiger partial charge is 0.386 e. The van der Waals surface area contributed by atoms with Gasteiger partial charge >= 0.3 is 0 Å². The highest BCUT2D eigenvalue weighted by atomic mass is 14.9. The summed E-state index contributed by atoms with van der Waals surface area (Å²) in [4.78, 5) is 4.81. The van der Waals surface area contributed by atoms with Crippen LogP contribution in [0.15, 0.2) is 61.2 Å². The smallest absolute Gasteiger partial charge is 0.0946 e. The molecule has 0 aliphatic rings. The average Bonchev–Trinajstić information content (AvgIpc) is 2.54. The van der Waals surface area contributed by atoms with E-state index in [1.165, 1.54) is 0 Å². The second kappa shape index (κ2) is 5.17. The Balaban J connectivity index is 2.26. The van der Waals surface area contributed by atoms with Crippen LogP contribution in [0.3, 0.4) is 0 Å². The Labute approximate surface area is 118 Å². The van der Waals surface area contributed by atoms with Crippen molar-refractivity contribution in [1.29, 1.82) is 0 Å². The van der Waals surface area contributed by atoms with Crippen LogP contribution in [-0.4, -0.2) is 12.0 Å². The molecule has 0 amide bonds. The fourth-order valence-electron chi connectivity index (χ4n) is 2.41. The van der Waals surface area contributed by atoms with Gasteiger partial charge in [0, 0.05) is 18.0 Å². The Bertz CT molecular complexity index is 761. The van der Waals surface area contributed by atoms with E-state index in [1.807, 2.05) is 31.3 Å². The molecule has 0 radical (unpaired) electrons. The van der Waals surface area contributed by atoms with E-state index in [2.05, 4.69) is 48.3 Å². The summed E-state index contributed by atoms with van der Waals surface area (Å²) in [6.07, 6.45) is 1.85. The number of aromatic nitrogens is 1. The predicted octanol–water partition coefficient (Wildman–Crippen LogP) is 4.59. The third-order valence-corrected chi connectivity index (χ3v) is 3.43. The highest BCUT2D eigenvalue weighted by Gasteiger charge is 2.07. The number of anilines is 1.